The van der Waals surface area contributed by atoms with E-state index in [0.29, 0.717) is 0 Å². The van der Waals surface area contributed by atoms with Gasteiger partial charge in [0.1, 0.15) is 0 Å². The molecule has 0 fully saturated rings. The summed E-state index contributed by atoms with van der Waals surface area (Å²) in [6.45, 7) is 0. The molecule has 0 aliphatic heterocycles. The number of nitrogens with zero attached hydrogens (tertiary/aromatic N) is 6. The van der Waals surface area contributed by atoms with Gasteiger partial charge in [-0.05, 0) is 30.3 Å². The van der Waals surface area contributed by atoms with E-state index in [1.807, 2.05) is 36.9 Å². The number of rotatable bonds is 2. The van der Waals surface area contributed by atoms with Crippen LogP contribution < -0.4 is 0 Å². The van der Waals surface area contributed by atoms with Crippen LogP contribution in [-0.2, 0) is 0 Å². The van der Waals surface area contributed by atoms with Crippen molar-refractivity contribution in [3.05, 3.63) is 79.9 Å². The van der Waals surface area contributed by atoms with Crippen LogP contribution in [0.4, 0.5) is 0 Å². The number of benzene rings is 1. The minimum Gasteiger partial charge on any atom is -0.308 e. The minimum absolute atomic E-state index is 0.788. The van der Waals surface area contributed by atoms with Crippen molar-refractivity contribution in [3.63, 3.8) is 0 Å². The lowest BCUT2D eigenvalue weighted by Crippen LogP contribution is -2.00. The lowest BCUT2D eigenvalue weighted by molar-refractivity contribution is 1.09. The van der Waals surface area contributed by atoms with Gasteiger partial charge in [-0.2, -0.15) is 0 Å². The van der Waals surface area contributed by atoms with E-state index in [9.17, 15) is 0 Å². The molecular formula is C26H16N6S3. The third-order valence-corrected chi connectivity index (χ3v) is 7.22. The highest BCUT2D eigenvalue weighted by Gasteiger charge is 2.18. The van der Waals surface area contributed by atoms with Crippen molar-refractivity contribution in [2.45, 2.75) is 14.7 Å². The molecule has 0 bridgehead atoms. The van der Waals surface area contributed by atoms with E-state index in [0.717, 1.165) is 69.7 Å². The summed E-state index contributed by atoms with van der Waals surface area (Å²) in [5.41, 5.74) is 5.91. The van der Waals surface area contributed by atoms with Gasteiger partial charge in [0, 0.05) is 97.2 Å². The van der Waals surface area contributed by atoms with Gasteiger partial charge in [-0.3, -0.25) is 19.9 Å². The Morgan fingerprint density at radius 1 is 0.514 bits per heavy atom. The standard InChI is InChI=1S/C26H16N6S3/c33-16-6-14(31-21-1-3-27-8-17(21)19-10-29-12-23(34)25(19)31)5-15(7-16)32-22-2-4-28-9-18(22)20-11-30-13-24(35)26(20)32/h1-13,33-35H. The predicted octanol–water partition coefficient (Wildman–Crippen LogP) is 6.33. The van der Waals surface area contributed by atoms with Crippen LogP contribution in [0.1, 0.15) is 0 Å². The van der Waals surface area contributed by atoms with Crippen molar-refractivity contribution < 1.29 is 0 Å². The summed E-state index contributed by atoms with van der Waals surface area (Å²) in [5, 5.41) is 4.03. The second-order valence-corrected chi connectivity index (χ2v) is 9.75. The van der Waals surface area contributed by atoms with Gasteiger partial charge in [-0.25, -0.2) is 0 Å². The Morgan fingerprint density at radius 2 is 0.971 bits per heavy atom. The number of hydrogen-bond acceptors (Lipinski definition) is 7. The van der Waals surface area contributed by atoms with Crippen molar-refractivity contribution in [1.82, 2.24) is 29.1 Å². The summed E-state index contributed by atoms with van der Waals surface area (Å²) in [7, 11) is 0. The van der Waals surface area contributed by atoms with Crippen LogP contribution in [0.25, 0.3) is 55.0 Å². The van der Waals surface area contributed by atoms with Gasteiger partial charge < -0.3 is 9.13 Å². The monoisotopic (exact) mass is 508 g/mol. The fourth-order valence-electron chi connectivity index (χ4n) is 4.94. The highest BCUT2D eigenvalue weighted by molar-refractivity contribution is 7.80. The summed E-state index contributed by atoms with van der Waals surface area (Å²) in [6.07, 6.45) is 14.6. The molecule has 7 rings (SSSR count). The molecule has 0 aliphatic carbocycles. The Bertz CT molecular complexity index is 1820. The fraction of sp³-hybridized carbons (Fsp3) is 0. The van der Waals surface area contributed by atoms with E-state index in [1.54, 1.807) is 24.8 Å². The summed E-state index contributed by atoms with van der Waals surface area (Å²) in [6, 6.07) is 10.3. The van der Waals surface area contributed by atoms with Gasteiger partial charge in [-0.15, -0.1) is 37.9 Å². The van der Waals surface area contributed by atoms with Gasteiger partial charge >= 0.3 is 0 Å². The molecule has 0 spiro atoms. The SMILES string of the molecule is Sc1cc(-n2c3ccncc3c3cncc(S)c32)cc(-n2c3ccncc3c3cncc(S)c32)c1. The third-order valence-electron chi connectivity index (χ3n) is 6.31. The zero-order chi connectivity index (χ0) is 23.7. The number of thiol groups is 3. The first-order chi connectivity index (χ1) is 17.1. The van der Waals surface area contributed by atoms with E-state index in [2.05, 4.69) is 47.3 Å². The Balaban J connectivity index is 1.61. The second-order valence-electron chi connectivity index (χ2n) is 8.27. The Hall–Kier alpha value is -3.53. The summed E-state index contributed by atoms with van der Waals surface area (Å²) in [5.74, 6) is 0. The highest BCUT2D eigenvalue weighted by Crippen LogP contribution is 2.38. The van der Waals surface area contributed by atoms with E-state index in [1.165, 1.54) is 0 Å². The molecular weight excluding hydrogens is 493 g/mol. The maximum Gasteiger partial charge on any atom is 0.0706 e. The fourth-order valence-corrected chi connectivity index (χ4v) is 5.78. The summed E-state index contributed by atoms with van der Waals surface area (Å²) < 4.78 is 4.39. The molecule has 168 valence electrons. The van der Waals surface area contributed by atoms with Crippen LogP contribution >= 0.6 is 37.9 Å². The molecule has 0 N–H and O–H groups in total. The van der Waals surface area contributed by atoms with Crippen molar-refractivity contribution in [2.24, 2.45) is 0 Å². The average Bonchev–Trinajstić information content (AvgIpc) is 3.39. The molecule has 0 saturated heterocycles. The van der Waals surface area contributed by atoms with Crippen molar-refractivity contribution in [2.75, 3.05) is 0 Å². The number of fused-ring (bicyclic) bond motifs is 6. The number of aromatic nitrogens is 6. The molecule has 0 saturated carbocycles. The van der Waals surface area contributed by atoms with Crippen LogP contribution in [0.2, 0.25) is 0 Å². The summed E-state index contributed by atoms with van der Waals surface area (Å²) >= 11 is 14.3. The maximum atomic E-state index is 4.80. The molecule has 1 aromatic carbocycles. The minimum atomic E-state index is 0.788. The normalized spacial score (nSPS) is 11.9. The first-order valence-electron chi connectivity index (χ1n) is 10.8. The average molecular weight is 509 g/mol. The van der Waals surface area contributed by atoms with E-state index < -0.39 is 0 Å². The van der Waals surface area contributed by atoms with E-state index in [-0.39, 0.29) is 0 Å². The molecule has 0 amide bonds. The molecule has 0 atom stereocenters. The first-order valence-corrected chi connectivity index (χ1v) is 12.1. The lowest BCUT2D eigenvalue weighted by Gasteiger charge is -2.15. The smallest absolute Gasteiger partial charge is 0.0706 e. The third kappa shape index (κ3) is 3.02. The molecule has 9 heteroatoms. The molecule has 6 heterocycles. The molecule has 7 aromatic rings. The maximum absolute atomic E-state index is 4.80. The molecule has 35 heavy (non-hydrogen) atoms. The Kier molecular flexibility index (Phi) is 4.60. The molecule has 0 unspecified atom stereocenters. The van der Waals surface area contributed by atoms with E-state index in [4.69, 9.17) is 37.9 Å². The van der Waals surface area contributed by atoms with Crippen molar-refractivity contribution >= 4 is 81.5 Å². The Labute approximate surface area is 215 Å². The second kappa shape index (κ2) is 7.74. The molecule has 0 radical (unpaired) electrons. The zero-order valence-corrected chi connectivity index (χ0v) is 20.7. The van der Waals surface area contributed by atoms with Crippen LogP contribution in [0.15, 0.2) is 94.6 Å². The van der Waals surface area contributed by atoms with Crippen LogP contribution in [-0.4, -0.2) is 29.1 Å². The van der Waals surface area contributed by atoms with Crippen molar-refractivity contribution in [3.8, 4) is 11.4 Å². The van der Waals surface area contributed by atoms with Gasteiger partial charge in [0.2, 0.25) is 0 Å². The van der Waals surface area contributed by atoms with Gasteiger partial charge in [0.05, 0.1) is 22.1 Å². The number of pyridine rings is 4. The number of hydrogen-bond donors (Lipinski definition) is 3. The quantitative estimate of drug-likeness (QED) is 0.239. The largest absolute Gasteiger partial charge is 0.308 e. The first kappa shape index (κ1) is 20.8. The van der Waals surface area contributed by atoms with Crippen LogP contribution in [0.5, 0.6) is 0 Å². The summed E-state index contributed by atoms with van der Waals surface area (Å²) in [4.78, 5) is 19.8. The van der Waals surface area contributed by atoms with Crippen LogP contribution in [0.3, 0.4) is 0 Å². The molecule has 6 nitrogen and oxygen atoms in total. The van der Waals surface area contributed by atoms with Gasteiger partial charge in [0.15, 0.2) is 0 Å². The van der Waals surface area contributed by atoms with E-state index >= 15 is 0 Å². The zero-order valence-electron chi connectivity index (χ0n) is 18.0. The Morgan fingerprint density at radius 3 is 1.46 bits per heavy atom. The predicted molar refractivity (Wildman–Crippen MR) is 148 cm³/mol. The van der Waals surface area contributed by atoms with Crippen LogP contribution in [0, 0.1) is 0 Å². The molecule has 6 aromatic heterocycles. The topological polar surface area (TPSA) is 61.4 Å². The van der Waals surface area contributed by atoms with Crippen molar-refractivity contribution in [1.29, 1.82) is 0 Å². The highest BCUT2D eigenvalue weighted by atomic mass is 32.1. The lowest BCUT2D eigenvalue weighted by atomic mass is 10.2. The van der Waals surface area contributed by atoms with Gasteiger partial charge in [0.25, 0.3) is 0 Å². The molecule has 0 aliphatic rings. The van der Waals surface area contributed by atoms with Gasteiger partial charge in [-0.1, -0.05) is 0 Å².